The molecule has 2 aromatic carbocycles. The van der Waals surface area contributed by atoms with E-state index in [0.29, 0.717) is 0 Å². The molecule has 3 rings (SSSR count). The molecule has 23 heavy (non-hydrogen) atoms. The van der Waals surface area contributed by atoms with Gasteiger partial charge in [-0.2, -0.15) is 0 Å². The smallest absolute Gasteiger partial charge is 0.251 e. The highest BCUT2D eigenvalue weighted by Crippen LogP contribution is 2.16. The second-order valence-corrected chi connectivity index (χ2v) is 6.79. The van der Waals surface area contributed by atoms with Crippen molar-refractivity contribution >= 4 is 17.7 Å². The summed E-state index contributed by atoms with van der Waals surface area (Å²) in [5, 5.41) is 3.16. The molecule has 0 bridgehead atoms. The highest BCUT2D eigenvalue weighted by molar-refractivity contribution is 7.98. The summed E-state index contributed by atoms with van der Waals surface area (Å²) in [6.07, 6.45) is 3.05. The molecule has 2 aromatic rings. The quantitative estimate of drug-likeness (QED) is 0.855. The normalized spacial score (nSPS) is 18.0. The van der Waals surface area contributed by atoms with Crippen molar-refractivity contribution in [1.82, 2.24) is 10.2 Å². The number of nitrogens with one attached hydrogen (secondary N) is 1. The Morgan fingerprint density at radius 2 is 1.91 bits per heavy atom. The zero-order valence-corrected chi connectivity index (χ0v) is 14.2. The van der Waals surface area contributed by atoms with Gasteiger partial charge in [-0.3, -0.25) is 9.69 Å². The standard InChI is InChI=1S/C19H22N2OS/c1-23-18-9-7-16(8-10-18)19(22)20-17-11-12-21(14-17)13-15-5-3-2-4-6-15/h2-10,17H,11-14H2,1H3,(H,20,22). The van der Waals surface area contributed by atoms with Crippen LogP contribution in [0.2, 0.25) is 0 Å². The van der Waals surface area contributed by atoms with Crippen LogP contribution in [0, 0.1) is 0 Å². The molecule has 3 nitrogen and oxygen atoms in total. The number of thioether (sulfide) groups is 1. The summed E-state index contributed by atoms with van der Waals surface area (Å²) in [6, 6.07) is 18.5. The van der Waals surface area contributed by atoms with Crippen molar-refractivity contribution in [3.05, 3.63) is 65.7 Å². The summed E-state index contributed by atoms with van der Waals surface area (Å²) in [4.78, 5) is 15.9. The third kappa shape index (κ3) is 4.36. The fraction of sp³-hybridized carbons (Fsp3) is 0.316. The first-order valence-electron chi connectivity index (χ1n) is 7.96. The average molecular weight is 326 g/mol. The third-order valence-corrected chi connectivity index (χ3v) is 4.95. The zero-order chi connectivity index (χ0) is 16.1. The van der Waals surface area contributed by atoms with Crippen molar-refractivity contribution in [3.63, 3.8) is 0 Å². The lowest BCUT2D eigenvalue weighted by atomic mass is 10.2. The van der Waals surface area contributed by atoms with Gasteiger partial charge in [-0.05, 0) is 42.5 Å². The highest BCUT2D eigenvalue weighted by atomic mass is 32.2. The lowest BCUT2D eigenvalue weighted by Crippen LogP contribution is -2.36. The van der Waals surface area contributed by atoms with Gasteiger partial charge < -0.3 is 5.32 Å². The highest BCUT2D eigenvalue weighted by Gasteiger charge is 2.24. The number of amides is 1. The molecule has 1 aliphatic rings. The molecule has 0 aromatic heterocycles. The molecule has 0 spiro atoms. The maximum atomic E-state index is 12.3. The predicted molar refractivity (Wildman–Crippen MR) is 95.8 cm³/mol. The first kappa shape index (κ1) is 16.1. The van der Waals surface area contributed by atoms with Crippen molar-refractivity contribution in [2.45, 2.75) is 23.9 Å². The molecule has 1 atom stereocenters. The minimum Gasteiger partial charge on any atom is -0.348 e. The number of likely N-dealkylation sites (tertiary alicyclic amines) is 1. The SMILES string of the molecule is CSc1ccc(C(=O)NC2CCN(Cc3ccccc3)C2)cc1. The van der Waals surface area contributed by atoms with Crippen molar-refractivity contribution in [1.29, 1.82) is 0 Å². The van der Waals surface area contributed by atoms with E-state index >= 15 is 0 Å². The lowest BCUT2D eigenvalue weighted by molar-refractivity contribution is 0.0937. The maximum Gasteiger partial charge on any atom is 0.251 e. The molecule has 1 unspecified atom stereocenters. The van der Waals surface area contributed by atoms with E-state index in [-0.39, 0.29) is 11.9 Å². The number of hydrogen-bond acceptors (Lipinski definition) is 3. The van der Waals surface area contributed by atoms with Crippen LogP contribution in [0.5, 0.6) is 0 Å². The Labute approximate surface area is 142 Å². The summed E-state index contributed by atoms with van der Waals surface area (Å²) in [5.41, 5.74) is 2.07. The number of nitrogens with zero attached hydrogens (tertiary/aromatic N) is 1. The molecule has 1 amide bonds. The fourth-order valence-corrected chi connectivity index (χ4v) is 3.36. The molecule has 1 saturated heterocycles. The van der Waals surface area contributed by atoms with Crippen LogP contribution >= 0.6 is 11.8 Å². The summed E-state index contributed by atoms with van der Waals surface area (Å²) in [5.74, 6) is 0.0317. The van der Waals surface area contributed by atoms with E-state index in [9.17, 15) is 4.79 Å². The van der Waals surface area contributed by atoms with Gasteiger partial charge in [-0.25, -0.2) is 0 Å². The molecular formula is C19H22N2OS. The lowest BCUT2D eigenvalue weighted by Gasteiger charge is -2.17. The summed E-state index contributed by atoms with van der Waals surface area (Å²) >= 11 is 1.68. The molecule has 1 N–H and O–H groups in total. The van der Waals surface area contributed by atoms with E-state index < -0.39 is 0 Å². The van der Waals surface area contributed by atoms with Crippen molar-refractivity contribution in [2.75, 3.05) is 19.3 Å². The molecule has 1 heterocycles. The molecule has 0 aliphatic carbocycles. The Hall–Kier alpha value is -1.78. The molecule has 0 saturated carbocycles. The van der Waals surface area contributed by atoms with Crippen LogP contribution in [-0.2, 0) is 6.54 Å². The molecular weight excluding hydrogens is 304 g/mol. The van der Waals surface area contributed by atoms with Crippen LogP contribution in [0.4, 0.5) is 0 Å². The Bertz CT molecular complexity index is 642. The largest absolute Gasteiger partial charge is 0.348 e. The van der Waals surface area contributed by atoms with E-state index in [2.05, 4.69) is 34.5 Å². The summed E-state index contributed by atoms with van der Waals surface area (Å²) < 4.78 is 0. The van der Waals surface area contributed by atoms with Gasteiger partial charge >= 0.3 is 0 Å². The summed E-state index contributed by atoms with van der Waals surface area (Å²) in [6.45, 7) is 2.91. The van der Waals surface area contributed by atoms with E-state index in [4.69, 9.17) is 0 Å². The molecule has 120 valence electrons. The number of benzene rings is 2. The topological polar surface area (TPSA) is 32.3 Å². The Morgan fingerprint density at radius 3 is 2.61 bits per heavy atom. The van der Waals surface area contributed by atoms with Gasteiger partial charge in [0.05, 0.1) is 0 Å². The first-order valence-corrected chi connectivity index (χ1v) is 9.18. The third-order valence-electron chi connectivity index (χ3n) is 4.21. The first-order chi connectivity index (χ1) is 11.2. The van der Waals surface area contributed by atoms with E-state index in [0.717, 1.165) is 31.6 Å². The van der Waals surface area contributed by atoms with Crippen molar-refractivity contribution in [2.24, 2.45) is 0 Å². The number of carbonyl (C=O) groups is 1. The van der Waals surface area contributed by atoms with Crippen molar-refractivity contribution in [3.8, 4) is 0 Å². The minimum absolute atomic E-state index is 0.0317. The number of carbonyl (C=O) groups excluding carboxylic acids is 1. The van der Waals surface area contributed by atoms with Gasteiger partial charge in [-0.1, -0.05) is 30.3 Å². The maximum absolute atomic E-state index is 12.3. The second-order valence-electron chi connectivity index (χ2n) is 5.91. The molecule has 0 radical (unpaired) electrons. The molecule has 1 fully saturated rings. The molecule has 4 heteroatoms. The Morgan fingerprint density at radius 1 is 1.17 bits per heavy atom. The van der Waals surface area contributed by atoms with E-state index in [1.165, 1.54) is 10.5 Å². The molecule has 1 aliphatic heterocycles. The van der Waals surface area contributed by atoms with Crippen LogP contribution in [0.1, 0.15) is 22.3 Å². The van der Waals surface area contributed by atoms with Gasteiger partial charge in [0.2, 0.25) is 0 Å². The van der Waals surface area contributed by atoms with Crippen LogP contribution in [0.3, 0.4) is 0 Å². The van der Waals surface area contributed by atoms with Crippen molar-refractivity contribution < 1.29 is 4.79 Å². The van der Waals surface area contributed by atoms with Crippen LogP contribution in [0.15, 0.2) is 59.5 Å². The number of rotatable bonds is 5. The zero-order valence-electron chi connectivity index (χ0n) is 13.4. The van der Waals surface area contributed by atoms with Gasteiger partial charge in [0.1, 0.15) is 0 Å². The van der Waals surface area contributed by atoms with E-state index in [1.807, 2.05) is 36.6 Å². The van der Waals surface area contributed by atoms with Crippen LogP contribution in [0.25, 0.3) is 0 Å². The Balaban J connectivity index is 1.52. The monoisotopic (exact) mass is 326 g/mol. The Kier molecular flexibility index (Phi) is 5.36. The van der Waals surface area contributed by atoms with Gasteiger partial charge in [0, 0.05) is 36.1 Å². The fourth-order valence-electron chi connectivity index (χ4n) is 2.95. The minimum atomic E-state index is 0.0317. The summed E-state index contributed by atoms with van der Waals surface area (Å²) in [7, 11) is 0. The second kappa shape index (κ2) is 7.66. The van der Waals surface area contributed by atoms with Gasteiger partial charge in [0.25, 0.3) is 5.91 Å². The van der Waals surface area contributed by atoms with Crippen LogP contribution < -0.4 is 5.32 Å². The van der Waals surface area contributed by atoms with E-state index in [1.54, 1.807) is 11.8 Å². The van der Waals surface area contributed by atoms with Gasteiger partial charge in [0.15, 0.2) is 0 Å². The average Bonchev–Trinajstić information content (AvgIpc) is 3.02. The number of hydrogen-bond donors (Lipinski definition) is 1. The van der Waals surface area contributed by atoms with Crippen LogP contribution in [-0.4, -0.2) is 36.2 Å². The predicted octanol–water partition coefficient (Wildman–Crippen LogP) is 3.41. The van der Waals surface area contributed by atoms with Gasteiger partial charge in [-0.15, -0.1) is 11.8 Å².